The molecule has 0 heterocycles. The Morgan fingerprint density at radius 3 is 1.41 bits per heavy atom. The van der Waals surface area contributed by atoms with E-state index in [9.17, 15) is 8.42 Å². The molecule has 0 aliphatic heterocycles. The lowest BCUT2D eigenvalue weighted by atomic mass is 10.2. The van der Waals surface area contributed by atoms with E-state index in [1.165, 1.54) is 12.8 Å². The van der Waals surface area contributed by atoms with E-state index in [0.29, 0.717) is 6.54 Å². The van der Waals surface area contributed by atoms with Gasteiger partial charge in [-0.3, -0.25) is 4.55 Å². The van der Waals surface area contributed by atoms with Gasteiger partial charge in [0.15, 0.2) is 0 Å². The molecule has 0 aromatic heterocycles. The first-order valence-corrected chi connectivity index (χ1v) is 9.94. The Hall–Kier alpha value is -0.250. The molecule has 8 heteroatoms. The van der Waals surface area contributed by atoms with Gasteiger partial charge in [0, 0.05) is 6.54 Å². The molecule has 0 amide bonds. The van der Waals surface area contributed by atoms with Crippen LogP contribution in [-0.4, -0.2) is 64.5 Å². The minimum absolute atomic E-state index is 0.217. The van der Waals surface area contributed by atoms with E-state index in [4.69, 9.17) is 10.3 Å². The Morgan fingerprint density at radius 2 is 1.05 bits per heavy atom. The molecule has 22 heavy (non-hydrogen) atoms. The normalized spacial score (nSPS) is 11.9. The molecule has 0 radical (unpaired) electrons. The topological polar surface area (TPSA) is 116 Å². The summed E-state index contributed by atoms with van der Waals surface area (Å²) in [5, 5.41) is 9.81. The zero-order valence-electron chi connectivity index (χ0n) is 13.6. The Labute approximate surface area is 135 Å². The van der Waals surface area contributed by atoms with Crippen LogP contribution in [0.1, 0.15) is 38.5 Å². The van der Waals surface area contributed by atoms with Gasteiger partial charge in [-0.1, -0.05) is 0 Å². The van der Waals surface area contributed by atoms with Crippen molar-refractivity contribution in [1.82, 2.24) is 16.0 Å². The molecule has 0 fully saturated rings. The van der Waals surface area contributed by atoms with Crippen molar-refractivity contribution in [3.05, 3.63) is 0 Å². The molecule has 0 aromatic carbocycles. The summed E-state index contributed by atoms with van der Waals surface area (Å²) < 4.78 is 29.5. The van der Waals surface area contributed by atoms with Crippen LogP contribution in [0.3, 0.4) is 0 Å². The molecule has 7 nitrogen and oxygen atoms in total. The van der Waals surface area contributed by atoms with Crippen molar-refractivity contribution in [2.45, 2.75) is 38.5 Å². The highest BCUT2D eigenvalue weighted by Crippen LogP contribution is 1.89. The van der Waals surface area contributed by atoms with E-state index in [2.05, 4.69) is 16.0 Å². The van der Waals surface area contributed by atoms with Gasteiger partial charge in [-0.25, -0.2) is 0 Å². The summed E-state index contributed by atoms with van der Waals surface area (Å²) in [5.41, 5.74) is 5.43. The van der Waals surface area contributed by atoms with E-state index in [-0.39, 0.29) is 5.75 Å². The third kappa shape index (κ3) is 19.8. The van der Waals surface area contributed by atoms with Gasteiger partial charge in [-0.15, -0.1) is 0 Å². The van der Waals surface area contributed by atoms with E-state index in [1.54, 1.807) is 0 Å². The fourth-order valence-electron chi connectivity index (χ4n) is 1.97. The standard InChI is InChI=1S/C14H34N4O3S/c15-7-1-2-8-16-9-3-4-10-17-11-5-6-12-18-13-14-22(19,20)21/h16-18H,1-15H2,(H,19,20,21). The summed E-state index contributed by atoms with van der Waals surface area (Å²) in [6.07, 6.45) is 6.69. The molecular formula is C14H34N4O3S. The molecule has 0 aromatic rings. The molecular weight excluding hydrogens is 304 g/mol. The largest absolute Gasteiger partial charge is 0.330 e. The minimum atomic E-state index is -3.83. The molecule has 134 valence electrons. The van der Waals surface area contributed by atoms with Gasteiger partial charge in [0.1, 0.15) is 0 Å². The molecule has 0 aliphatic rings. The number of nitrogens with two attached hydrogens (primary N) is 1. The highest BCUT2D eigenvalue weighted by Gasteiger charge is 2.02. The maximum absolute atomic E-state index is 10.5. The van der Waals surface area contributed by atoms with Crippen LogP contribution in [0.4, 0.5) is 0 Å². The molecule has 0 aliphatic carbocycles. The Balaban J connectivity index is 3.03. The summed E-state index contributed by atoms with van der Waals surface area (Å²) in [7, 11) is -3.83. The molecule has 0 saturated carbocycles. The zero-order valence-corrected chi connectivity index (χ0v) is 14.5. The van der Waals surface area contributed by atoms with Gasteiger partial charge in [0.2, 0.25) is 0 Å². The molecule has 0 bridgehead atoms. The number of hydrogen-bond acceptors (Lipinski definition) is 6. The third-order valence-electron chi connectivity index (χ3n) is 3.26. The summed E-state index contributed by atoms with van der Waals surface area (Å²) in [5.74, 6) is -0.217. The van der Waals surface area contributed by atoms with Crippen molar-refractivity contribution >= 4 is 10.1 Å². The number of hydrogen-bond donors (Lipinski definition) is 5. The first-order valence-electron chi connectivity index (χ1n) is 8.33. The van der Waals surface area contributed by atoms with E-state index in [1.807, 2.05) is 0 Å². The first-order chi connectivity index (χ1) is 10.6. The second kappa shape index (κ2) is 15.6. The minimum Gasteiger partial charge on any atom is -0.330 e. The predicted molar refractivity (Wildman–Crippen MR) is 91.8 cm³/mol. The quantitative estimate of drug-likeness (QED) is 0.186. The second-order valence-corrected chi connectivity index (χ2v) is 7.02. The van der Waals surface area contributed by atoms with E-state index < -0.39 is 10.1 Å². The van der Waals surface area contributed by atoms with Crippen LogP contribution in [0.2, 0.25) is 0 Å². The van der Waals surface area contributed by atoms with Crippen LogP contribution in [0, 0.1) is 0 Å². The van der Waals surface area contributed by atoms with Gasteiger partial charge in [0.05, 0.1) is 5.75 Å². The Morgan fingerprint density at radius 1 is 0.682 bits per heavy atom. The monoisotopic (exact) mass is 338 g/mol. The lowest BCUT2D eigenvalue weighted by Crippen LogP contribution is -2.24. The SMILES string of the molecule is NCCCCNCCCCNCCCCNCCS(=O)(=O)O. The number of rotatable bonds is 17. The Bertz CT molecular complexity index is 326. The van der Waals surface area contributed by atoms with Crippen molar-refractivity contribution < 1.29 is 13.0 Å². The van der Waals surface area contributed by atoms with Gasteiger partial charge >= 0.3 is 0 Å². The summed E-state index contributed by atoms with van der Waals surface area (Å²) in [6.45, 7) is 6.04. The summed E-state index contributed by atoms with van der Waals surface area (Å²) in [4.78, 5) is 0. The smallest absolute Gasteiger partial charge is 0.266 e. The van der Waals surface area contributed by atoms with Crippen LogP contribution in [0.25, 0.3) is 0 Å². The maximum atomic E-state index is 10.5. The van der Waals surface area contributed by atoms with Crippen LogP contribution in [0.5, 0.6) is 0 Å². The van der Waals surface area contributed by atoms with Gasteiger partial charge in [-0.2, -0.15) is 8.42 Å². The van der Waals surface area contributed by atoms with Gasteiger partial charge in [-0.05, 0) is 77.8 Å². The first kappa shape index (κ1) is 21.8. The van der Waals surface area contributed by atoms with E-state index in [0.717, 1.165) is 65.0 Å². The van der Waals surface area contributed by atoms with Crippen LogP contribution >= 0.6 is 0 Å². The van der Waals surface area contributed by atoms with Crippen molar-refractivity contribution in [1.29, 1.82) is 0 Å². The van der Waals surface area contributed by atoms with Crippen molar-refractivity contribution in [2.24, 2.45) is 5.73 Å². The lowest BCUT2D eigenvalue weighted by Gasteiger charge is -2.06. The van der Waals surface area contributed by atoms with Crippen molar-refractivity contribution in [3.63, 3.8) is 0 Å². The Kier molecular flexibility index (Phi) is 15.5. The van der Waals surface area contributed by atoms with Gasteiger partial charge < -0.3 is 21.7 Å². The molecule has 0 unspecified atom stereocenters. The predicted octanol–water partition coefficient (Wildman–Crippen LogP) is -0.0577. The fraction of sp³-hybridized carbons (Fsp3) is 1.00. The highest BCUT2D eigenvalue weighted by molar-refractivity contribution is 7.85. The maximum Gasteiger partial charge on any atom is 0.266 e. The number of nitrogens with one attached hydrogen (secondary N) is 3. The zero-order chi connectivity index (χ0) is 16.5. The summed E-state index contributed by atoms with van der Waals surface area (Å²) >= 11 is 0. The highest BCUT2D eigenvalue weighted by atomic mass is 32.2. The molecule has 0 spiro atoms. The molecule has 6 N–H and O–H groups in total. The van der Waals surface area contributed by atoms with Crippen LogP contribution in [-0.2, 0) is 10.1 Å². The van der Waals surface area contributed by atoms with Gasteiger partial charge in [0.25, 0.3) is 10.1 Å². The third-order valence-corrected chi connectivity index (χ3v) is 3.98. The fourth-order valence-corrected chi connectivity index (χ4v) is 2.37. The van der Waals surface area contributed by atoms with Crippen LogP contribution < -0.4 is 21.7 Å². The van der Waals surface area contributed by atoms with E-state index >= 15 is 0 Å². The van der Waals surface area contributed by atoms with Crippen molar-refractivity contribution in [2.75, 3.05) is 51.6 Å². The molecule has 0 atom stereocenters. The average Bonchev–Trinajstić information content (AvgIpc) is 2.45. The lowest BCUT2D eigenvalue weighted by molar-refractivity contribution is 0.480. The van der Waals surface area contributed by atoms with Crippen molar-refractivity contribution in [3.8, 4) is 0 Å². The molecule has 0 saturated heterocycles. The second-order valence-electron chi connectivity index (χ2n) is 5.45. The average molecular weight is 339 g/mol. The summed E-state index contributed by atoms with van der Waals surface area (Å²) in [6, 6.07) is 0. The number of unbranched alkanes of at least 4 members (excludes halogenated alkanes) is 3. The van der Waals surface area contributed by atoms with Crippen LogP contribution in [0.15, 0.2) is 0 Å². The molecule has 0 rings (SSSR count).